The van der Waals surface area contributed by atoms with Crippen LogP contribution in [-0.4, -0.2) is 48.8 Å². The van der Waals surface area contributed by atoms with Gasteiger partial charge in [-0.05, 0) is 12.1 Å². The third kappa shape index (κ3) is 9.43. The van der Waals surface area contributed by atoms with E-state index in [2.05, 4.69) is 35.2 Å². The fraction of sp³-hybridized carbons (Fsp3) is 0.310. The molecule has 1 N–H and O–H groups in total. The van der Waals surface area contributed by atoms with E-state index in [1.165, 1.54) is 20.9 Å². The summed E-state index contributed by atoms with van der Waals surface area (Å²) in [5, 5.41) is 2.13. The fourth-order valence-corrected chi connectivity index (χ4v) is 3.65. The lowest BCUT2D eigenvalue weighted by Gasteiger charge is -2.22. The summed E-state index contributed by atoms with van der Waals surface area (Å²) < 4.78 is 106. The van der Waals surface area contributed by atoms with Gasteiger partial charge in [-0.15, -0.1) is 0 Å². The highest BCUT2D eigenvalue weighted by Gasteiger charge is 2.39. The van der Waals surface area contributed by atoms with E-state index in [0.29, 0.717) is 0 Å². The summed E-state index contributed by atoms with van der Waals surface area (Å²) >= 11 is 0. The van der Waals surface area contributed by atoms with Crippen molar-refractivity contribution >= 4 is 23.2 Å². The van der Waals surface area contributed by atoms with Gasteiger partial charge in [0.1, 0.15) is 11.6 Å². The number of carbonyl (C=O) groups is 2. The first-order valence-electron chi connectivity index (χ1n) is 13.5. The molecule has 0 bridgehead atoms. The van der Waals surface area contributed by atoms with Gasteiger partial charge in [-0.2, -0.15) is 26.3 Å². The van der Waals surface area contributed by atoms with Crippen molar-refractivity contribution in [3.05, 3.63) is 72.3 Å². The number of anilines is 2. The van der Waals surface area contributed by atoms with E-state index in [1.54, 1.807) is 13.8 Å². The van der Waals surface area contributed by atoms with Gasteiger partial charge in [0, 0.05) is 42.4 Å². The molecule has 0 aromatic carbocycles. The standard InChI is InChI=1S/C15H14F4N4O.C14H12F4N4O/c1-8(2)14(24)23(3)11-7-21-13(22-12(11)15(17,18)19)9-4-10(16)6-20-5-9;1-7(2)13(23)21-10-6-20-12(22-11(10)14(16,17)18)8-3-9(15)5-19-4-8/h4-8H,1-3H3;3-7H,1-2H3,(H,21,23). The van der Waals surface area contributed by atoms with Crippen molar-refractivity contribution in [1.29, 1.82) is 0 Å². The zero-order valence-corrected chi connectivity index (χ0v) is 25.2. The molecular formula is C29H26F8N8O2. The van der Waals surface area contributed by atoms with E-state index < -0.39 is 70.4 Å². The normalized spacial score (nSPS) is 11.6. The molecule has 4 aromatic rings. The van der Waals surface area contributed by atoms with Gasteiger partial charge >= 0.3 is 12.4 Å². The van der Waals surface area contributed by atoms with Crippen LogP contribution in [0.5, 0.6) is 0 Å². The second kappa shape index (κ2) is 14.5. The molecule has 2 amide bonds. The second-order valence-corrected chi connectivity index (χ2v) is 10.4. The van der Waals surface area contributed by atoms with Crippen molar-refractivity contribution in [2.75, 3.05) is 17.3 Å². The molecule has 0 saturated carbocycles. The Hall–Kier alpha value is -5.16. The lowest BCUT2D eigenvalue weighted by molar-refractivity contribution is -0.141. The molecule has 250 valence electrons. The Bertz CT molecular complexity index is 1750. The summed E-state index contributed by atoms with van der Waals surface area (Å²) in [5.41, 5.74) is -3.59. The molecule has 10 nitrogen and oxygen atoms in total. The van der Waals surface area contributed by atoms with E-state index in [0.717, 1.165) is 54.2 Å². The lowest BCUT2D eigenvalue weighted by Crippen LogP contribution is -2.32. The van der Waals surface area contributed by atoms with Crippen LogP contribution in [0, 0.1) is 23.5 Å². The van der Waals surface area contributed by atoms with E-state index in [4.69, 9.17) is 0 Å². The summed E-state index contributed by atoms with van der Waals surface area (Å²) in [5.74, 6) is -4.23. The molecule has 0 unspecified atom stereocenters. The molecule has 0 aliphatic rings. The zero-order valence-electron chi connectivity index (χ0n) is 25.2. The predicted molar refractivity (Wildman–Crippen MR) is 152 cm³/mol. The van der Waals surface area contributed by atoms with Crippen LogP contribution in [0.1, 0.15) is 39.1 Å². The van der Waals surface area contributed by atoms with E-state index >= 15 is 0 Å². The number of amides is 2. The number of alkyl halides is 6. The number of halogens is 8. The molecule has 0 aliphatic carbocycles. The van der Waals surface area contributed by atoms with Crippen LogP contribution in [0.2, 0.25) is 0 Å². The van der Waals surface area contributed by atoms with Gasteiger partial charge in [0.25, 0.3) is 0 Å². The minimum absolute atomic E-state index is 0.00256. The fourth-order valence-electron chi connectivity index (χ4n) is 3.65. The van der Waals surface area contributed by atoms with Gasteiger partial charge in [0.15, 0.2) is 23.0 Å². The van der Waals surface area contributed by atoms with Gasteiger partial charge in [-0.3, -0.25) is 19.6 Å². The van der Waals surface area contributed by atoms with Crippen molar-refractivity contribution in [2.24, 2.45) is 11.8 Å². The van der Waals surface area contributed by atoms with E-state index in [-0.39, 0.29) is 22.8 Å². The van der Waals surface area contributed by atoms with Gasteiger partial charge in [-0.25, -0.2) is 28.7 Å². The number of aromatic nitrogens is 6. The van der Waals surface area contributed by atoms with Crippen molar-refractivity contribution in [3.8, 4) is 22.8 Å². The highest BCUT2D eigenvalue weighted by atomic mass is 19.4. The summed E-state index contributed by atoms with van der Waals surface area (Å²) in [6.45, 7) is 6.21. The molecule has 18 heteroatoms. The number of hydrogen-bond acceptors (Lipinski definition) is 8. The molecule has 0 fully saturated rings. The number of pyridine rings is 2. The van der Waals surface area contributed by atoms with Crippen LogP contribution in [0.15, 0.2) is 49.3 Å². The Morgan fingerprint density at radius 1 is 0.702 bits per heavy atom. The van der Waals surface area contributed by atoms with Crippen LogP contribution in [0.3, 0.4) is 0 Å². The Kier molecular flexibility index (Phi) is 11.2. The van der Waals surface area contributed by atoms with Crippen molar-refractivity contribution in [1.82, 2.24) is 29.9 Å². The maximum absolute atomic E-state index is 13.3. The SMILES string of the molecule is CC(C)C(=O)N(C)c1cnc(-c2cncc(F)c2)nc1C(F)(F)F.CC(C)C(=O)Nc1cnc(-c2cncc(F)c2)nc1C(F)(F)F. The van der Waals surface area contributed by atoms with Crippen LogP contribution in [0.25, 0.3) is 22.8 Å². The Morgan fingerprint density at radius 3 is 1.60 bits per heavy atom. The largest absolute Gasteiger partial charge is 0.435 e. The van der Waals surface area contributed by atoms with Crippen LogP contribution in [-0.2, 0) is 21.9 Å². The van der Waals surface area contributed by atoms with Crippen molar-refractivity contribution in [2.45, 2.75) is 40.0 Å². The first-order chi connectivity index (χ1) is 21.8. The summed E-state index contributed by atoms with van der Waals surface area (Å²) in [4.78, 5) is 46.0. The minimum Gasteiger partial charge on any atom is -0.323 e. The summed E-state index contributed by atoms with van der Waals surface area (Å²) in [6, 6.07) is 1.94. The van der Waals surface area contributed by atoms with Crippen LogP contribution in [0.4, 0.5) is 46.5 Å². The van der Waals surface area contributed by atoms with Gasteiger partial charge in [-0.1, -0.05) is 27.7 Å². The summed E-state index contributed by atoms with van der Waals surface area (Å²) in [7, 11) is 1.22. The lowest BCUT2D eigenvalue weighted by atomic mass is 10.1. The average molecular weight is 671 g/mol. The summed E-state index contributed by atoms with van der Waals surface area (Å²) in [6.07, 6.45) is -3.75. The average Bonchev–Trinajstić information content (AvgIpc) is 2.99. The molecule has 4 rings (SSSR count). The van der Waals surface area contributed by atoms with Gasteiger partial charge in [0.2, 0.25) is 11.8 Å². The number of nitrogens with one attached hydrogen (secondary N) is 1. The van der Waals surface area contributed by atoms with Crippen molar-refractivity contribution < 1.29 is 44.7 Å². The molecule has 0 spiro atoms. The molecule has 0 aliphatic heterocycles. The van der Waals surface area contributed by atoms with Crippen LogP contribution >= 0.6 is 0 Å². The van der Waals surface area contributed by atoms with Gasteiger partial charge < -0.3 is 10.2 Å². The molecule has 47 heavy (non-hydrogen) atoms. The Balaban J connectivity index is 0.000000256. The highest BCUT2D eigenvalue weighted by Crippen LogP contribution is 2.36. The third-order valence-electron chi connectivity index (χ3n) is 5.99. The van der Waals surface area contributed by atoms with E-state index in [9.17, 15) is 44.7 Å². The maximum Gasteiger partial charge on any atom is 0.435 e. The molecule has 0 atom stereocenters. The smallest absolute Gasteiger partial charge is 0.323 e. The van der Waals surface area contributed by atoms with Gasteiger partial charge in [0.05, 0.1) is 36.2 Å². The zero-order chi connectivity index (χ0) is 35.3. The molecule has 0 radical (unpaired) electrons. The minimum atomic E-state index is -4.81. The number of rotatable bonds is 6. The molecular weight excluding hydrogens is 644 g/mol. The quantitative estimate of drug-likeness (QED) is 0.227. The maximum atomic E-state index is 13.3. The predicted octanol–water partition coefficient (Wildman–Crippen LogP) is 6.61. The molecule has 4 aromatic heterocycles. The molecule has 0 saturated heterocycles. The number of nitrogens with zero attached hydrogens (tertiary/aromatic N) is 7. The van der Waals surface area contributed by atoms with Crippen molar-refractivity contribution in [3.63, 3.8) is 0 Å². The highest BCUT2D eigenvalue weighted by molar-refractivity contribution is 5.94. The van der Waals surface area contributed by atoms with E-state index in [1.807, 2.05) is 0 Å². The third-order valence-corrected chi connectivity index (χ3v) is 5.99. The topological polar surface area (TPSA) is 127 Å². The molecule has 4 heterocycles. The first-order valence-corrected chi connectivity index (χ1v) is 13.5. The number of hydrogen-bond donors (Lipinski definition) is 1. The number of carbonyl (C=O) groups excluding carboxylic acids is 2. The first kappa shape index (κ1) is 36.3. The van der Waals surface area contributed by atoms with Crippen LogP contribution < -0.4 is 10.2 Å². The Labute approximate surface area is 262 Å². The monoisotopic (exact) mass is 670 g/mol. The Morgan fingerprint density at radius 2 is 1.17 bits per heavy atom. The second-order valence-electron chi connectivity index (χ2n) is 10.4.